The Bertz CT molecular complexity index is 732. The van der Waals surface area contributed by atoms with Crippen LogP contribution in [-0.2, 0) is 17.9 Å². The molecule has 1 aromatic heterocycles. The first-order valence-corrected chi connectivity index (χ1v) is 8.54. The zero-order valence-corrected chi connectivity index (χ0v) is 15.5. The number of H-pyrrole nitrogens is 1. The molecule has 2 aromatic rings. The van der Waals surface area contributed by atoms with Crippen molar-refractivity contribution in [3.8, 4) is 11.4 Å². The quantitative estimate of drug-likeness (QED) is 0.756. The largest absolute Gasteiger partial charge is 0.353 e. The highest BCUT2D eigenvalue weighted by atomic mass is 32.1. The molecule has 0 spiro atoms. The summed E-state index contributed by atoms with van der Waals surface area (Å²) in [6, 6.07) is 8.40. The maximum Gasteiger partial charge on any atom is 0.234 e. The fraction of sp³-hybridized carbons (Fsp3) is 0.471. The minimum absolute atomic E-state index is 0.00564. The predicted octanol–water partition coefficient (Wildman–Crippen LogP) is 2.58. The number of amides is 1. The lowest BCUT2D eigenvalue weighted by molar-refractivity contribution is -0.122. The second-order valence-electron chi connectivity index (χ2n) is 6.21. The van der Waals surface area contributed by atoms with Crippen LogP contribution in [0.4, 0.5) is 0 Å². The number of nitrogens with one attached hydrogen (secondary N) is 2. The van der Waals surface area contributed by atoms with Crippen molar-refractivity contribution in [2.24, 2.45) is 0 Å². The molecule has 0 unspecified atom stereocenters. The number of carbonyl (C=O) groups excluding carboxylic acids is 1. The van der Waals surface area contributed by atoms with Gasteiger partial charge in [0.25, 0.3) is 0 Å². The molecule has 0 saturated heterocycles. The van der Waals surface area contributed by atoms with Gasteiger partial charge in [-0.2, -0.15) is 4.98 Å². The third-order valence-electron chi connectivity index (χ3n) is 3.56. The molecule has 0 fully saturated rings. The predicted molar refractivity (Wildman–Crippen MR) is 98.1 cm³/mol. The number of nitrogens with zero attached hydrogens (tertiary/aromatic N) is 3. The molecular formula is C17H25N5OS. The van der Waals surface area contributed by atoms with Crippen LogP contribution in [-0.4, -0.2) is 45.2 Å². The van der Waals surface area contributed by atoms with E-state index in [1.54, 1.807) is 4.68 Å². The molecule has 1 amide bonds. The summed E-state index contributed by atoms with van der Waals surface area (Å²) >= 11 is 5.32. The van der Waals surface area contributed by atoms with Gasteiger partial charge in [-0.3, -0.25) is 14.8 Å². The number of aryl methyl sites for hydroxylation is 1. The second-order valence-corrected chi connectivity index (χ2v) is 6.58. The van der Waals surface area contributed by atoms with Crippen LogP contribution in [0.25, 0.3) is 11.4 Å². The normalized spacial score (nSPS) is 11.2. The molecule has 0 atom stereocenters. The molecule has 0 aliphatic heterocycles. The number of benzene rings is 1. The van der Waals surface area contributed by atoms with Gasteiger partial charge in [0.2, 0.25) is 10.7 Å². The topological polar surface area (TPSA) is 66.0 Å². The maximum atomic E-state index is 11.8. The Labute approximate surface area is 147 Å². The molecule has 2 N–H and O–H groups in total. The number of hydrogen-bond donors (Lipinski definition) is 2. The summed E-state index contributed by atoms with van der Waals surface area (Å²) in [5.41, 5.74) is 2.28. The van der Waals surface area contributed by atoms with Crippen LogP contribution in [0.15, 0.2) is 24.3 Å². The lowest BCUT2D eigenvalue weighted by Crippen LogP contribution is -2.39. The molecule has 1 heterocycles. The van der Waals surface area contributed by atoms with Gasteiger partial charge in [0.15, 0.2) is 5.82 Å². The molecule has 0 aliphatic carbocycles. The van der Waals surface area contributed by atoms with Crippen molar-refractivity contribution in [2.75, 3.05) is 13.6 Å². The minimum atomic E-state index is -0.00564. The standard InChI is InChI=1S/C17H25N5OS/c1-5-13-6-8-14(9-7-13)16-19-17(24)22(20-16)11-21(4)10-15(23)18-12(2)3/h6-9,12H,5,10-11H2,1-4H3,(H,18,23)(H,19,20,24). The second kappa shape index (κ2) is 8.21. The van der Waals surface area contributed by atoms with Crippen LogP contribution < -0.4 is 5.32 Å². The monoisotopic (exact) mass is 347 g/mol. The highest BCUT2D eigenvalue weighted by Gasteiger charge is 2.10. The van der Waals surface area contributed by atoms with Crippen molar-refractivity contribution < 1.29 is 4.79 Å². The fourth-order valence-corrected chi connectivity index (χ4v) is 2.58. The third-order valence-corrected chi connectivity index (χ3v) is 3.87. The molecular weight excluding hydrogens is 322 g/mol. The zero-order chi connectivity index (χ0) is 17.7. The SMILES string of the molecule is CCc1ccc(-c2nc(=S)n(CN(C)CC(=O)NC(C)C)[nH]2)cc1. The Morgan fingerprint density at radius 3 is 2.62 bits per heavy atom. The molecule has 0 saturated carbocycles. The van der Waals surface area contributed by atoms with E-state index in [0.29, 0.717) is 18.0 Å². The third kappa shape index (κ3) is 5.01. The summed E-state index contributed by atoms with van der Waals surface area (Å²) < 4.78 is 2.24. The van der Waals surface area contributed by atoms with E-state index in [2.05, 4.69) is 34.5 Å². The van der Waals surface area contributed by atoms with Crippen LogP contribution >= 0.6 is 12.2 Å². The molecule has 6 nitrogen and oxygen atoms in total. The highest BCUT2D eigenvalue weighted by Crippen LogP contribution is 2.16. The Morgan fingerprint density at radius 2 is 2.04 bits per heavy atom. The van der Waals surface area contributed by atoms with E-state index in [-0.39, 0.29) is 11.9 Å². The molecule has 0 aliphatic rings. The maximum absolute atomic E-state index is 11.8. The summed E-state index contributed by atoms with van der Waals surface area (Å²) in [6.45, 7) is 6.80. The van der Waals surface area contributed by atoms with Gasteiger partial charge in [-0.05, 0) is 45.1 Å². The van der Waals surface area contributed by atoms with Gasteiger partial charge >= 0.3 is 0 Å². The van der Waals surface area contributed by atoms with Gasteiger partial charge in [0, 0.05) is 11.6 Å². The Balaban J connectivity index is 2.05. The number of hydrogen-bond acceptors (Lipinski definition) is 4. The van der Waals surface area contributed by atoms with Gasteiger partial charge in [-0.25, -0.2) is 4.68 Å². The Kier molecular flexibility index (Phi) is 6.28. The van der Waals surface area contributed by atoms with Gasteiger partial charge < -0.3 is 5.32 Å². The molecule has 24 heavy (non-hydrogen) atoms. The van der Waals surface area contributed by atoms with Crippen molar-refractivity contribution in [3.63, 3.8) is 0 Å². The summed E-state index contributed by atoms with van der Waals surface area (Å²) in [4.78, 5) is 18.1. The lowest BCUT2D eigenvalue weighted by atomic mass is 10.1. The van der Waals surface area contributed by atoms with Crippen LogP contribution in [0.3, 0.4) is 0 Å². The van der Waals surface area contributed by atoms with Gasteiger partial charge in [0.05, 0.1) is 13.2 Å². The van der Waals surface area contributed by atoms with Crippen molar-refractivity contribution in [1.29, 1.82) is 0 Å². The van der Waals surface area contributed by atoms with E-state index in [1.807, 2.05) is 37.9 Å². The van der Waals surface area contributed by atoms with Crippen molar-refractivity contribution in [1.82, 2.24) is 25.0 Å². The van der Waals surface area contributed by atoms with E-state index in [0.717, 1.165) is 17.8 Å². The van der Waals surface area contributed by atoms with E-state index in [4.69, 9.17) is 12.2 Å². The van der Waals surface area contributed by atoms with Crippen molar-refractivity contribution in [3.05, 3.63) is 34.6 Å². The van der Waals surface area contributed by atoms with E-state index >= 15 is 0 Å². The lowest BCUT2D eigenvalue weighted by Gasteiger charge is -2.17. The average Bonchev–Trinajstić information content (AvgIpc) is 2.87. The average molecular weight is 347 g/mol. The first-order chi connectivity index (χ1) is 11.4. The Hall–Kier alpha value is -1.99. The van der Waals surface area contributed by atoms with Crippen molar-refractivity contribution >= 4 is 18.1 Å². The zero-order valence-electron chi connectivity index (χ0n) is 14.7. The van der Waals surface area contributed by atoms with Crippen LogP contribution in [0.5, 0.6) is 0 Å². The molecule has 2 rings (SSSR count). The first kappa shape index (κ1) is 18.4. The number of likely N-dealkylation sites (N-methyl/N-ethyl adjacent to an activating group) is 1. The molecule has 130 valence electrons. The van der Waals surface area contributed by atoms with Crippen LogP contribution in [0.1, 0.15) is 26.3 Å². The minimum Gasteiger partial charge on any atom is -0.353 e. The van der Waals surface area contributed by atoms with Gasteiger partial charge in [0.1, 0.15) is 0 Å². The number of carbonyl (C=O) groups is 1. The van der Waals surface area contributed by atoms with Crippen LogP contribution in [0.2, 0.25) is 0 Å². The molecule has 0 bridgehead atoms. The summed E-state index contributed by atoms with van der Waals surface area (Å²) in [5.74, 6) is 0.733. The van der Waals surface area contributed by atoms with Gasteiger partial charge in [-0.15, -0.1) is 0 Å². The summed E-state index contributed by atoms with van der Waals surface area (Å²) in [6.07, 6.45) is 1.01. The van der Waals surface area contributed by atoms with E-state index < -0.39 is 0 Å². The van der Waals surface area contributed by atoms with E-state index in [1.165, 1.54) is 5.56 Å². The number of aromatic nitrogens is 3. The summed E-state index contributed by atoms with van der Waals surface area (Å²) in [5, 5.41) is 6.08. The summed E-state index contributed by atoms with van der Waals surface area (Å²) in [7, 11) is 1.87. The van der Waals surface area contributed by atoms with Crippen molar-refractivity contribution in [2.45, 2.75) is 39.9 Å². The van der Waals surface area contributed by atoms with E-state index in [9.17, 15) is 4.79 Å². The first-order valence-electron chi connectivity index (χ1n) is 8.13. The number of aromatic amines is 1. The van der Waals surface area contributed by atoms with Crippen LogP contribution in [0, 0.1) is 4.77 Å². The smallest absolute Gasteiger partial charge is 0.234 e. The van der Waals surface area contributed by atoms with Gasteiger partial charge in [-0.1, -0.05) is 31.2 Å². The Morgan fingerprint density at radius 1 is 1.38 bits per heavy atom. The molecule has 1 aromatic carbocycles. The molecule has 0 radical (unpaired) electrons. The fourth-order valence-electron chi connectivity index (χ4n) is 2.38. The highest BCUT2D eigenvalue weighted by molar-refractivity contribution is 7.71. The number of rotatable bonds is 7. The molecule has 7 heteroatoms.